The van der Waals surface area contributed by atoms with Gasteiger partial charge in [-0.1, -0.05) is 60.2 Å². The Bertz CT molecular complexity index is 1220. The van der Waals surface area contributed by atoms with Gasteiger partial charge in [-0.3, -0.25) is 4.79 Å². The molecule has 3 rings (SSSR count). The second-order valence-electron chi connectivity index (χ2n) is 7.16. The number of sulfone groups is 1. The van der Waals surface area contributed by atoms with Gasteiger partial charge in [-0.25, -0.2) is 13.4 Å². The number of hydrogen-bond acceptors (Lipinski definition) is 4. The summed E-state index contributed by atoms with van der Waals surface area (Å²) in [6, 6.07) is 15.6. The van der Waals surface area contributed by atoms with E-state index in [0.717, 1.165) is 0 Å². The first kappa shape index (κ1) is 23.5. The lowest BCUT2D eigenvalue weighted by molar-refractivity contribution is 0.0759. The highest BCUT2D eigenvalue weighted by Gasteiger charge is 2.25. The van der Waals surface area contributed by atoms with Gasteiger partial charge in [0.25, 0.3) is 5.91 Å². The predicted octanol–water partition coefficient (Wildman–Crippen LogP) is 4.52. The molecule has 6 nitrogen and oxygen atoms in total. The minimum absolute atomic E-state index is 0.0509. The predicted molar refractivity (Wildman–Crippen MR) is 126 cm³/mol. The van der Waals surface area contributed by atoms with Crippen molar-refractivity contribution in [1.82, 2.24) is 14.5 Å². The maximum atomic E-state index is 13.1. The van der Waals surface area contributed by atoms with Gasteiger partial charge in [0.05, 0.1) is 24.2 Å². The highest BCUT2D eigenvalue weighted by molar-refractivity contribution is 7.90. The summed E-state index contributed by atoms with van der Waals surface area (Å²) >= 11 is 6.03. The van der Waals surface area contributed by atoms with Crippen molar-refractivity contribution in [3.63, 3.8) is 0 Å². The van der Waals surface area contributed by atoms with Crippen LogP contribution in [0.5, 0.6) is 0 Å². The largest absolute Gasteiger partial charge is 0.329 e. The second-order valence-corrected chi connectivity index (χ2v) is 9.48. The molecule has 1 amide bonds. The first-order valence-corrected chi connectivity index (χ1v) is 12.0. The molecule has 0 bridgehead atoms. The Morgan fingerprint density at radius 2 is 1.84 bits per heavy atom. The monoisotopic (exact) mass is 469 g/mol. The fraction of sp³-hybridized carbons (Fsp3) is 0.167. The van der Waals surface area contributed by atoms with E-state index < -0.39 is 9.84 Å². The van der Waals surface area contributed by atoms with Crippen molar-refractivity contribution in [2.24, 2.45) is 0 Å². The van der Waals surface area contributed by atoms with E-state index in [-0.39, 0.29) is 36.5 Å². The molecule has 0 saturated heterocycles. The summed E-state index contributed by atoms with van der Waals surface area (Å²) in [4.78, 5) is 18.8. The number of halogens is 1. The Morgan fingerprint density at radius 1 is 1.09 bits per heavy atom. The molecular weight excluding hydrogens is 446 g/mol. The summed E-state index contributed by atoms with van der Waals surface area (Å²) in [5.74, 6) is -0.411. The molecule has 0 spiro atoms. The lowest BCUT2D eigenvalue weighted by Gasteiger charge is -2.22. The summed E-state index contributed by atoms with van der Waals surface area (Å²) in [7, 11) is -3.71. The Hall–Kier alpha value is -3.16. The number of aromatic nitrogens is 2. The SMILES string of the molecule is C=CCN(Cc1cnc(S(=O)(=O)Cc2ccccc2)n1CC=C)C(=O)c1cccc(Cl)c1. The van der Waals surface area contributed by atoms with Gasteiger partial charge in [-0.2, -0.15) is 0 Å². The molecule has 0 unspecified atom stereocenters. The van der Waals surface area contributed by atoms with E-state index in [1.165, 1.54) is 6.20 Å². The van der Waals surface area contributed by atoms with E-state index in [0.29, 0.717) is 21.8 Å². The minimum atomic E-state index is -3.71. The molecule has 0 aliphatic heterocycles. The molecule has 0 aliphatic carbocycles. The van der Waals surface area contributed by atoms with Crippen LogP contribution in [0.25, 0.3) is 0 Å². The molecule has 0 aliphatic rings. The van der Waals surface area contributed by atoms with Gasteiger partial charge in [0.2, 0.25) is 15.0 Å². The summed E-state index contributed by atoms with van der Waals surface area (Å²) in [5.41, 5.74) is 1.69. The van der Waals surface area contributed by atoms with Gasteiger partial charge in [0.15, 0.2) is 0 Å². The van der Waals surface area contributed by atoms with Crippen LogP contribution >= 0.6 is 11.6 Å². The Labute approximate surface area is 193 Å². The molecule has 2 aromatic carbocycles. The van der Waals surface area contributed by atoms with E-state index in [4.69, 9.17) is 11.6 Å². The molecule has 0 N–H and O–H groups in total. The Kier molecular flexibility index (Phi) is 7.66. The van der Waals surface area contributed by atoms with E-state index in [9.17, 15) is 13.2 Å². The van der Waals surface area contributed by atoms with E-state index >= 15 is 0 Å². The van der Waals surface area contributed by atoms with Crippen LogP contribution in [0, 0.1) is 0 Å². The lowest BCUT2D eigenvalue weighted by atomic mass is 10.2. The molecule has 32 heavy (non-hydrogen) atoms. The van der Waals surface area contributed by atoms with Crippen molar-refractivity contribution in [3.05, 3.63) is 108 Å². The molecule has 8 heteroatoms. The standard InChI is InChI=1S/C24H24ClN3O3S/c1-3-13-27(23(29)20-11-8-12-21(25)15-20)17-22-16-26-24(28(22)14-4-2)32(30,31)18-19-9-6-5-7-10-19/h3-12,15-16H,1-2,13-14,17-18H2. The third-order valence-corrected chi connectivity index (χ3v) is 6.58. The van der Waals surface area contributed by atoms with Gasteiger partial charge in [0, 0.05) is 23.7 Å². The van der Waals surface area contributed by atoms with Crippen LogP contribution < -0.4 is 0 Å². The van der Waals surface area contributed by atoms with Crippen LogP contribution in [0.4, 0.5) is 0 Å². The molecule has 166 valence electrons. The first-order valence-electron chi connectivity index (χ1n) is 9.93. The lowest BCUT2D eigenvalue weighted by Crippen LogP contribution is -2.31. The normalized spacial score (nSPS) is 11.2. The fourth-order valence-electron chi connectivity index (χ4n) is 3.32. The number of benzene rings is 2. The van der Waals surface area contributed by atoms with E-state index in [1.807, 2.05) is 6.07 Å². The van der Waals surface area contributed by atoms with Gasteiger partial charge in [0.1, 0.15) is 0 Å². The van der Waals surface area contributed by atoms with Crippen LogP contribution in [0.2, 0.25) is 5.02 Å². The van der Waals surface area contributed by atoms with Crippen LogP contribution in [-0.2, 0) is 28.7 Å². The zero-order valence-corrected chi connectivity index (χ0v) is 19.1. The third-order valence-electron chi connectivity index (χ3n) is 4.75. The summed E-state index contributed by atoms with van der Waals surface area (Å²) in [5, 5.41) is 0.408. The maximum absolute atomic E-state index is 13.1. The van der Waals surface area contributed by atoms with Crippen LogP contribution in [0.3, 0.4) is 0 Å². The number of hydrogen-bond donors (Lipinski definition) is 0. The third kappa shape index (κ3) is 5.55. The van der Waals surface area contributed by atoms with Crippen molar-refractivity contribution < 1.29 is 13.2 Å². The quantitative estimate of drug-likeness (QED) is 0.409. The van der Waals surface area contributed by atoms with E-state index in [2.05, 4.69) is 18.1 Å². The molecule has 0 fully saturated rings. The van der Waals surface area contributed by atoms with Crippen LogP contribution in [0.15, 0.2) is 91.3 Å². The smallest absolute Gasteiger partial charge is 0.254 e. The zero-order chi connectivity index (χ0) is 23.1. The average molecular weight is 470 g/mol. The Balaban J connectivity index is 1.93. The van der Waals surface area contributed by atoms with Crippen molar-refractivity contribution >= 4 is 27.3 Å². The van der Waals surface area contributed by atoms with Crippen molar-refractivity contribution in [3.8, 4) is 0 Å². The van der Waals surface area contributed by atoms with Gasteiger partial charge < -0.3 is 9.47 Å². The molecule has 1 aromatic heterocycles. The summed E-state index contributed by atoms with van der Waals surface area (Å²) in [6.45, 7) is 8.14. The summed E-state index contributed by atoms with van der Waals surface area (Å²) < 4.78 is 27.7. The number of carbonyl (C=O) groups excluding carboxylic acids is 1. The Morgan fingerprint density at radius 3 is 2.50 bits per heavy atom. The molecule has 0 radical (unpaired) electrons. The minimum Gasteiger partial charge on any atom is -0.329 e. The number of rotatable bonds is 10. The molecule has 3 aromatic rings. The van der Waals surface area contributed by atoms with E-state index in [1.54, 1.807) is 70.1 Å². The highest BCUT2D eigenvalue weighted by Crippen LogP contribution is 2.20. The van der Waals surface area contributed by atoms with Crippen LogP contribution in [0.1, 0.15) is 21.6 Å². The molecule has 1 heterocycles. The highest BCUT2D eigenvalue weighted by atomic mass is 35.5. The number of amides is 1. The molecule has 0 atom stereocenters. The zero-order valence-electron chi connectivity index (χ0n) is 17.5. The topological polar surface area (TPSA) is 72.3 Å². The summed E-state index contributed by atoms with van der Waals surface area (Å²) in [6.07, 6.45) is 4.70. The number of imidazole rings is 1. The van der Waals surface area contributed by atoms with Crippen molar-refractivity contribution in [2.45, 2.75) is 24.0 Å². The molecule has 0 saturated carbocycles. The van der Waals surface area contributed by atoms with Gasteiger partial charge in [-0.05, 0) is 23.8 Å². The molecular formula is C24H24ClN3O3S. The van der Waals surface area contributed by atoms with Crippen molar-refractivity contribution in [1.29, 1.82) is 0 Å². The number of carbonyl (C=O) groups is 1. The number of allylic oxidation sites excluding steroid dienone is 1. The van der Waals surface area contributed by atoms with Gasteiger partial charge in [-0.15, -0.1) is 13.2 Å². The number of nitrogens with zero attached hydrogens (tertiary/aromatic N) is 3. The second kappa shape index (κ2) is 10.4. The first-order chi connectivity index (χ1) is 15.4. The van der Waals surface area contributed by atoms with Crippen molar-refractivity contribution in [2.75, 3.05) is 6.54 Å². The fourth-order valence-corrected chi connectivity index (χ4v) is 5.02. The average Bonchev–Trinajstić information content (AvgIpc) is 3.17. The van der Waals surface area contributed by atoms with Gasteiger partial charge >= 0.3 is 0 Å². The maximum Gasteiger partial charge on any atom is 0.254 e. The van der Waals surface area contributed by atoms with Crippen LogP contribution in [-0.4, -0.2) is 35.3 Å².